The van der Waals surface area contributed by atoms with E-state index in [1.807, 2.05) is 0 Å². The molecule has 13 heavy (non-hydrogen) atoms. The minimum absolute atomic E-state index is 0. The molecule has 0 spiro atoms. The van der Waals surface area contributed by atoms with Gasteiger partial charge in [-0.3, -0.25) is 0 Å². The SMILES string of the molecule is CC(SC(C)C(=O)[O-])C(=O)[O-].[Na+].[Na+]. The van der Waals surface area contributed by atoms with E-state index in [0.717, 1.165) is 11.8 Å². The zero-order chi connectivity index (χ0) is 9.02. The van der Waals surface area contributed by atoms with Crippen molar-refractivity contribution in [3.8, 4) is 0 Å². The molecular formula is C6H8Na2O4S. The Labute approximate surface area is 125 Å². The maximum atomic E-state index is 10.1. The van der Waals surface area contributed by atoms with Crippen LogP contribution in [0.15, 0.2) is 0 Å². The largest absolute Gasteiger partial charge is 1.00 e. The summed E-state index contributed by atoms with van der Waals surface area (Å²) in [7, 11) is 0. The van der Waals surface area contributed by atoms with Crippen molar-refractivity contribution in [2.45, 2.75) is 24.3 Å². The summed E-state index contributed by atoms with van der Waals surface area (Å²) in [6, 6.07) is 0. The van der Waals surface area contributed by atoms with E-state index in [1.165, 1.54) is 13.8 Å². The Kier molecular flexibility index (Phi) is 15.0. The van der Waals surface area contributed by atoms with E-state index in [2.05, 4.69) is 0 Å². The molecule has 4 nitrogen and oxygen atoms in total. The number of rotatable bonds is 4. The third-order valence-electron chi connectivity index (χ3n) is 1.07. The van der Waals surface area contributed by atoms with E-state index >= 15 is 0 Å². The Bertz CT molecular complexity index is 158. The van der Waals surface area contributed by atoms with Gasteiger partial charge in [-0.05, 0) is 13.8 Å². The van der Waals surface area contributed by atoms with Crippen molar-refractivity contribution in [2.75, 3.05) is 0 Å². The molecule has 0 aromatic carbocycles. The van der Waals surface area contributed by atoms with Gasteiger partial charge in [0.1, 0.15) is 0 Å². The Morgan fingerprint density at radius 3 is 1.38 bits per heavy atom. The molecule has 0 aromatic heterocycles. The van der Waals surface area contributed by atoms with Crippen molar-refractivity contribution < 1.29 is 78.9 Å². The van der Waals surface area contributed by atoms with Gasteiger partial charge < -0.3 is 19.8 Å². The summed E-state index contributed by atoms with van der Waals surface area (Å²) < 4.78 is 0. The number of carbonyl (C=O) groups is 2. The molecular weight excluding hydrogens is 214 g/mol. The predicted octanol–water partition coefficient (Wildman–Crippen LogP) is -8.00. The van der Waals surface area contributed by atoms with E-state index < -0.39 is 22.4 Å². The smallest absolute Gasteiger partial charge is 0.549 e. The minimum Gasteiger partial charge on any atom is -0.549 e. The second kappa shape index (κ2) is 9.83. The van der Waals surface area contributed by atoms with Gasteiger partial charge in [-0.1, -0.05) is 0 Å². The molecule has 0 saturated carbocycles. The first-order valence-electron chi connectivity index (χ1n) is 3.02. The first kappa shape index (κ1) is 19.8. The monoisotopic (exact) mass is 222 g/mol. The molecule has 0 N–H and O–H groups in total. The fraction of sp³-hybridized carbons (Fsp3) is 0.667. The molecule has 64 valence electrons. The molecule has 2 unspecified atom stereocenters. The summed E-state index contributed by atoms with van der Waals surface area (Å²) >= 11 is 0.792. The summed E-state index contributed by atoms with van der Waals surface area (Å²) in [5.41, 5.74) is 0. The Morgan fingerprint density at radius 1 is 1.00 bits per heavy atom. The second-order valence-electron chi connectivity index (χ2n) is 2.06. The topological polar surface area (TPSA) is 80.3 Å². The molecule has 0 rings (SSSR count). The van der Waals surface area contributed by atoms with Crippen molar-refractivity contribution >= 4 is 23.7 Å². The zero-order valence-electron chi connectivity index (χ0n) is 8.20. The number of carboxylic acids is 2. The van der Waals surface area contributed by atoms with Gasteiger partial charge in [0.25, 0.3) is 0 Å². The fourth-order valence-corrected chi connectivity index (χ4v) is 1.25. The van der Waals surface area contributed by atoms with Crippen LogP contribution in [0.3, 0.4) is 0 Å². The van der Waals surface area contributed by atoms with Gasteiger partial charge in [0, 0.05) is 10.5 Å². The van der Waals surface area contributed by atoms with Crippen molar-refractivity contribution in [1.82, 2.24) is 0 Å². The van der Waals surface area contributed by atoms with Crippen LogP contribution in [0.4, 0.5) is 0 Å². The van der Waals surface area contributed by atoms with Crippen LogP contribution in [0.2, 0.25) is 0 Å². The first-order valence-corrected chi connectivity index (χ1v) is 3.96. The van der Waals surface area contributed by atoms with Gasteiger partial charge >= 0.3 is 59.1 Å². The average molecular weight is 222 g/mol. The minimum atomic E-state index is -1.26. The molecule has 2 atom stereocenters. The van der Waals surface area contributed by atoms with Crippen LogP contribution < -0.4 is 69.3 Å². The van der Waals surface area contributed by atoms with Crippen LogP contribution in [0, 0.1) is 0 Å². The number of thioether (sulfide) groups is 1. The number of hydrogen-bond donors (Lipinski definition) is 0. The van der Waals surface area contributed by atoms with Crippen molar-refractivity contribution in [3.05, 3.63) is 0 Å². The van der Waals surface area contributed by atoms with Crippen LogP contribution in [0.5, 0.6) is 0 Å². The number of aliphatic carboxylic acids is 2. The molecule has 0 aliphatic rings. The van der Waals surface area contributed by atoms with Crippen LogP contribution >= 0.6 is 11.8 Å². The average Bonchev–Trinajstić information content (AvgIpc) is 1.87. The van der Waals surface area contributed by atoms with Gasteiger partial charge in [0.2, 0.25) is 0 Å². The van der Waals surface area contributed by atoms with Crippen LogP contribution in [0.1, 0.15) is 13.8 Å². The van der Waals surface area contributed by atoms with Gasteiger partial charge in [-0.25, -0.2) is 0 Å². The summed E-state index contributed by atoms with van der Waals surface area (Å²) in [6.07, 6.45) is 0. The molecule has 0 aliphatic heterocycles. The normalized spacial score (nSPS) is 13.1. The van der Waals surface area contributed by atoms with E-state index in [-0.39, 0.29) is 59.1 Å². The van der Waals surface area contributed by atoms with Crippen LogP contribution in [-0.4, -0.2) is 22.4 Å². The second-order valence-corrected chi connectivity index (χ2v) is 3.74. The van der Waals surface area contributed by atoms with Gasteiger partial charge in [0.05, 0.1) is 11.9 Å². The number of hydrogen-bond acceptors (Lipinski definition) is 5. The predicted molar refractivity (Wildman–Crippen MR) is 36.5 cm³/mol. The number of carbonyl (C=O) groups excluding carboxylic acids is 2. The molecule has 0 aromatic rings. The molecule has 0 aliphatic carbocycles. The summed E-state index contributed by atoms with van der Waals surface area (Å²) in [5.74, 6) is -2.52. The molecule has 0 radical (unpaired) electrons. The maximum absolute atomic E-state index is 10.1. The van der Waals surface area contributed by atoms with Crippen LogP contribution in [-0.2, 0) is 9.59 Å². The molecule has 0 bridgehead atoms. The molecule has 7 heteroatoms. The van der Waals surface area contributed by atoms with E-state index in [0.29, 0.717) is 0 Å². The van der Waals surface area contributed by atoms with Crippen molar-refractivity contribution in [1.29, 1.82) is 0 Å². The third-order valence-corrected chi connectivity index (χ3v) is 2.27. The van der Waals surface area contributed by atoms with Crippen molar-refractivity contribution in [2.24, 2.45) is 0 Å². The van der Waals surface area contributed by atoms with Gasteiger partial charge in [-0.2, -0.15) is 0 Å². The van der Waals surface area contributed by atoms with Gasteiger partial charge in [0.15, 0.2) is 0 Å². The zero-order valence-corrected chi connectivity index (χ0v) is 13.0. The Morgan fingerprint density at radius 2 is 1.23 bits per heavy atom. The maximum Gasteiger partial charge on any atom is 1.00 e. The van der Waals surface area contributed by atoms with E-state index in [1.54, 1.807) is 0 Å². The summed E-state index contributed by atoms with van der Waals surface area (Å²) in [4.78, 5) is 20.2. The Balaban J connectivity index is -0.000000500. The van der Waals surface area contributed by atoms with E-state index in [9.17, 15) is 19.8 Å². The van der Waals surface area contributed by atoms with Crippen molar-refractivity contribution in [3.63, 3.8) is 0 Å². The van der Waals surface area contributed by atoms with Gasteiger partial charge in [-0.15, -0.1) is 11.8 Å². The molecule has 0 fully saturated rings. The Hall–Kier alpha value is 1.29. The van der Waals surface area contributed by atoms with E-state index in [4.69, 9.17) is 0 Å². The molecule has 0 heterocycles. The quantitative estimate of drug-likeness (QED) is 0.441. The summed E-state index contributed by atoms with van der Waals surface area (Å²) in [5, 5.41) is 18.6. The first-order chi connectivity index (χ1) is 4.95. The number of carboxylic acid groups (broad SMARTS) is 2. The fourth-order valence-electron chi connectivity index (χ4n) is 0.417. The third kappa shape index (κ3) is 9.59. The summed E-state index contributed by atoms with van der Waals surface area (Å²) in [6.45, 7) is 2.75. The van der Waals surface area contributed by atoms with Crippen LogP contribution in [0.25, 0.3) is 0 Å². The molecule has 0 saturated heterocycles. The standard InChI is InChI=1S/C6H10O4S.2Na/c1-3(5(7)8)11-4(2)6(9)10;;/h3-4H,1-2H3,(H,7,8)(H,9,10);;/q;2*+1/p-2. The molecule has 0 amide bonds.